The maximum atomic E-state index is 11.6. The number of allylic oxidation sites excluding steroid dienone is 31. The molecule has 89 heavy (non-hydrogen) atoms. The average molecular weight is 1270 g/mol. The van der Waals surface area contributed by atoms with Crippen molar-refractivity contribution < 1.29 is 32.6 Å². The molecule has 504 valence electrons. The highest BCUT2D eigenvalue weighted by Gasteiger charge is 2.31. The number of phosphoric ester groups is 1. The predicted molar refractivity (Wildman–Crippen MR) is 393 cm³/mol. The van der Waals surface area contributed by atoms with E-state index in [0.717, 1.165) is 173 Å². The van der Waals surface area contributed by atoms with Crippen LogP contribution < -0.4 is 0 Å². The van der Waals surface area contributed by atoms with E-state index in [2.05, 4.69) is 211 Å². The van der Waals surface area contributed by atoms with E-state index in [0.29, 0.717) is 0 Å². The molecule has 0 saturated heterocycles. The van der Waals surface area contributed by atoms with Gasteiger partial charge >= 0.3 is 15.6 Å². The second kappa shape index (κ2) is 52.6. The summed E-state index contributed by atoms with van der Waals surface area (Å²) in [6.45, 7) is 37.9. The van der Waals surface area contributed by atoms with E-state index < -0.39 is 15.6 Å². The van der Waals surface area contributed by atoms with Crippen molar-refractivity contribution >= 4 is 15.6 Å². The predicted octanol–water partition coefficient (Wildman–Crippen LogP) is 27.1. The number of hydrogen-bond donors (Lipinski definition) is 3. The second-order valence-corrected chi connectivity index (χ2v) is 29.3. The van der Waals surface area contributed by atoms with Gasteiger partial charge in [0.15, 0.2) is 0 Å². The van der Waals surface area contributed by atoms with Gasteiger partial charge < -0.3 is 14.7 Å². The summed E-state index contributed by atoms with van der Waals surface area (Å²) in [5.41, 5.74) is 23.2. The molecule has 7 nitrogen and oxygen atoms in total. The molecule has 3 N–H and O–H groups in total. The summed E-state index contributed by atoms with van der Waals surface area (Å²) < 4.78 is 30.7. The first kappa shape index (κ1) is 85.1. The topological polar surface area (TPSA) is 113 Å². The molecule has 0 aromatic heterocycles. The molecule has 0 aliphatic heterocycles. The summed E-state index contributed by atoms with van der Waals surface area (Å²) >= 11 is 0. The van der Waals surface area contributed by atoms with E-state index in [4.69, 9.17) is 9.79 Å². The normalized spacial score (nSPS) is 15.8. The Kier molecular flexibility index (Phi) is 50.3. The van der Waals surface area contributed by atoms with Crippen LogP contribution in [0.3, 0.4) is 0 Å². The van der Waals surface area contributed by atoms with E-state index in [-0.39, 0.29) is 6.61 Å². The summed E-state index contributed by atoms with van der Waals surface area (Å²) in [4.78, 5) is 26.8. The monoisotopic (exact) mass is 1270 g/mol. The van der Waals surface area contributed by atoms with Crippen LogP contribution in [0.4, 0.5) is 0 Å². The average Bonchev–Trinajstić information content (AvgIpc) is 3.56. The Hall–Kier alpha value is -3.90. The smallest absolute Gasteiger partial charge is 0.302 e. The number of phosphoric acid groups is 2. The summed E-state index contributed by atoms with van der Waals surface area (Å²) in [7, 11) is -9.93. The van der Waals surface area contributed by atoms with E-state index in [1.165, 1.54) is 109 Å². The van der Waals surface area contributed by atoms with Crippen LogP contribution in [0.25, 0.3) is 0 Å². The first-order chi connectivity index (χ1) is 42.0. The maximum Gasteiger partial charge on any atom is 0.481 e. The summed E-state index contributed by atoms with van der Waals surface area (Å²) in [6, 6.07) is 0. The molecular formula is C80H132O7P2. The van der Waals surface area contributed by atoms with Gasteiger partial charge in [0.25, 0.3) is 0 Å². The molecule has 1 unspecified atom stereocenters. The van der Waals surface area contributed by atoms with Gasteiger partial charge in [0.2, 0.25) is 0 Å². The fourth-order valence-electron chi connectivity index (χ4n) is 10.2. The van der Waals surface area contributed by atoms with Crippen LogP contribution in [-0.2, 0) is 18.0 Å². The third-order valence-electron chi connectivity index (χ3n) is 16.4. The van der Waals surface area contributed by atoms with Crippen LogP contribution in [0.2, 0.25) is 0 Å². The van der Waals surface area contributed by atoms with Gasteiger partial charge in [0, 0.05) is 0 Å². The first-order valence-corrected chi connectivity index (χ1v) is 37.3. The molecule has 9 heteroatoms. The highest BCUT2D eigenvalue weighted by molar-refractivity contribution is 7.60. The largest absolute Gasteiger partial charge is 0.481 e. The zero-order valence-corrected chi connectivity index (χ0v) is 61.8. The lowest BCUT2D eigenvalue weighted by Gasteiger charge is -2.11. The molecule has 0 rings (SSSR count). The van der Waals surface area contributed by atoms with Gasteiger partial charge in [-0.1, -0.05) is 186 Å². The maximum absolute atomic E-state index is 11.6. The van der Waals surface area contributed by atoms with E-state index in [9.17, 15) is 14.0 Å². The molecule has 0 spiro atoms. The van der Waals surface area contributed by atoms with Crippen molar-refractivity contribution in [1.29, 1.82) is 0 Å². The van der Waals surface area contributed by atoms with Crippen molar-refractivity contribution in [3.8, 4) is 0 Å². The Labute approximate surface area is 548 Å². The van der Waals surface area contributed by atoms with Crippen molar-refractivity contribution in [2.24, 2.45) is 0 Å². The summed E-state index contributed by atoms with van der Waals surface area (Å²) in [6.07, 6.45) is 71.1. The molecular weight excluding hydrogens is 1130 g/mol. The van der Waals surface area contributed by atoms with Crippen LogP contribution in [0.15, 0.2) is 186 Å². The van der Waals surface area contributed by atoms with Gasteiger partial charge in [-0.3, -0.25) is 4.52 Å². The van der Waals surface area contributed by atoms with Crippen LogP contribution in [-0.4, -0.2) is 21.3 Å². The molecule has 0 amide bonds. The number of hydrogen-bond acceptors (Lipinski definition) is 4. The molecule has 1 atom stereocenters. The lowest BCUT2D eigenvalue weighted by molar-refractivity contribution is 0.191. The van der Waals surface area contributed by atoms with E-state index in [1.54, 1.807) is 6.08 Å². The Bertz CT molecular complexity index is 2650. The second-order valence-electron chi connectivity index (χ2n) is 26.5. The van der Waals surface area contributed by atoms with Crippen molar-refractivity contribution in [2.75, 3.05) is 6.61 Å². The molecule has 0 aliphatic rings. The molecule has 0 aromatic rings. The highest BCUT2D eigenvalue weighted by Crippen LogP contribution is 2.57. The third-order valence-corrected chi connectivity index (χ3v) is 18.6. The molecule has 0 fully saturated rings. The number of rotatable bonds is 50. The molecule has 0 aromatic carbocycles. The Morgan fingerprint density at radius 2 is 0.371 bits per heavy atom. The van der Waals surface area contributed by atoms with Gasteiger partial charge in [-0.25, -0.2) is 9.13 Å². The third kappa shape index (κ3) is 57.7. The Morgan fingerprint density at radius 3 is 0.506 bits per heavy atom. The van der Waals surface area contributed by atoms with Gasteiger partial charge in [-0.15, -0.1) is 0 Å². The SMILES string of the molecule is CC(C)=CCC/C(C)=C/CC/C(C)=C/CC/C(C)=C/CC/C(C)=C/CC/C(C)=C/CC/C(C)=C/CC/C(C)=C/CC/C(C)=C/CC/C(C)=C/CC/C(C)=C/CC/C(C)=C/CC/C(C)=C/CC/C(C)=C/CC/C(C)=C/CC/C(C)=C/COP(=O)(O)OP(=O)(O)O. The minimum atomic E-state index is -5.12. The molecule has 0 bridgehead atoms. The van der Waals surface area contributed by atoms with Crippen molar-refractivity contribution in [2.45, 2.75) is 310 Å². The van der Waals surface area contributed by atoms with Gasteiger partial charge in [-0.2, -0.15) is 4.31 Å². The van der Waals surface area contributed by atoms with Gasteiger partial charge in [0.05, 0.1) is 6.61 Å². The highest BCUT2D eigenvalue weighted by atomic mass is 31.3. The van der Waals surface area contributed by atoms with E-state index >= 15 is 0 Å². The standard InChI is InChI=1S/C80H132O7P2/c1-65(2)33-18-34-66(3)35-19-36-67(4)37-20-38-68(5)39-21-40-69(6)41-22-42-70(7)43-23-44-71(8)45-24-46-72(9)47-25-48-73(10)49-26-50-74(11)51-27-52-75(12)53-28-54-76(13)55-29-56-77(14)57-30-58-78(15)59-31-60-79(16)61-32-62-80(17)63-64-86-89(84,85)87-88(81,82)83/h33,35,37,39,41,43,45,47,49,51,53,55,57,59,61,63H,18-32,34,36,38,40,42,44,46,48,50,52,54,56,58,60,62,64H2,1-17H3,(H,84,85)(H2,81,82,83)/b66-35+,67-37+,68-39+,69-41+,70-43+,71-45+,72-47+,73-49+,74-51+,75-53+,76-55+,77-57+,78-59+,79-61+,80-63+. The van der Waals surface area contributed by atoms with Gasteiger partial charge in [0.1, 0.15) is 0 Å². The Morgan fingerprint density at radius 1 is 0.236 bits per heavy atom. The zero-order valence-electron chi connectivity index (χ0n) is 60.0. The van der Waals surface area contributed by atoms with Crippen molar-refractivity contribution in [3.05, 3.63) is 186 Å². The summed E-state index contributed by atoms with van der Waals surface area (Å²) in [5.74, 6) is 0. The molecule has 0 aliphatic carbocycles. The first-order valence-electron chi connectivity index (χ1n) is 34.3. The minimum Gasteiger partial charge on any atom is -0.302 e. The zero-order chi connectivity index (χ0) is 66.9. The van der Waals surface area contributed by atoms with Gasteiger partial charge in [-0.05, 0) is 310 Å². The minimum absolute atomic E-state index is 0.276. The summed E-state index contributed by atoms with van der Waals surface area (Å²) in [5, 5.41) is 0. The fourth-order valence-corrected chi connectivity index (χ4v) is 11.7. The van der Waals surface area contributed by atoms with Crippen LogP contribution in [0.5, 0.6) is 0 Å². The van der Waals surface area contributed by atoms with Crippen LogP contribution in [0.1, 0.15) is 310 Å². The van der Waals surface area contributed by atoms with Crippen LogP contribution in [0, 0.1) is 0 Å². The molecule has 0 saturated carbocycles. The lowest BCUT2D eigenvalue weighted by atomic mass is 10.0. The van der Waals surface area contributed by atoms with Crippen molar-refractivity contribution in [1.82, 2.24) is 0 Å². The molecule has 0 heterocycles. The fraction of sp³-hybridized carbons (Fsp3) is 0.600. The van der Waals surface area contributed by atoms with Crippen molar-refractivity contribution in [3.63, 3.8) is 0 Å². The molecule has 0 radical (unpaired) electrons. The quantitative estimate of drug-likeness (QED) is 0.0411. The Balaban J connectivity index is 4.36. The van der Waals surface area contributed by atoms with Crippen LogP contribution >= 0.6 is 15.6 Å². The van der Waals surface area contributed by atoms with E-state index in [1.807, 2.05) is 6.92 Å². The lowest BCUT2D eigenvalue weighted by Crippen LogP contribution is -1.94.